The van der Waals surface area contributed by atoms with E-state index in [0.717, 1.165) is 0 Å². The van der Waals surface area contributed by atoms with E-state index >= 15 is 0 Å². The van der Waals surface area contributed by atoms with Gasteiger partial charge < -0.3 is 9.84 Å². The average Bonchev–Trinajstić information content (AvgIpc) is 2.92. The highest BCUT2D eigenvalue weighted by atomic mass is 35.5. The summed E-state index contributed by atoms with van der Waals surface area (Å²) in [5.41, 5.74) is 0.424. The number of halogens is 2. The number of nitrogens with zero attached hydrogens (tertiary/aromatic N) is 3. The second-order valence-corrected chi connectivity index (χ2v) is 6.30. The van der Waals surface area contributed by atoms with Crippen molar-refractivity contribution in [2.24, 2.45) is 7.05 Å². The molecule has 0 aliphatic heterocycles. The van der Waals surface area contributed by atoms with Crippen LogP contribution in [0.4, 0.5) is 0 Å². The summed E-state index contributed by atoms with van der Waals surface area (Å²) in [5, 5.41) is 26.3. The van der Waals surface area contributed by atoms with Gasteiger partial charge in [-0.15, -0.1) is 0 Å². The maximum absolute atomic E-state index is 11.5. The molecule has 7 nitrogen and oxygen atoms in total. The highest BCUT2D eigenvalue weighted by Gasteiger charge is 2.17. The fourth-order valence-corrected chi connectivity index (χ4v) is 2.76. The van der Waals surface area contributed by atoms with E-state index in [1.165, 1.54) is 22.8 Å². The maximum Gasteiger partial charge on any atom is 0.343 e. The molecule has 26 heavy (non-hydrogen) atoms. The normalized spacial score (nSPS) is 10.5. The van der Waals surface area contributed by atoms with E-state index < -0.39 is 0 Å². The Morgan fingerprint density at radius 2 is 2.12 bits per heavy atom. The Morgan fingerprint density at radius 3 is 2.77 bits per heavy atom. The number of H-pyrrole nitrogens is 1. The number of aromatic hydroxyl groups is 1. The molecule has 2 N–H and O–H groups in total. The SMILES string of the molecule is Cn1c(Cc2ccc(Cl)c(Oc3cc(Cl)cc(C#N)c3)c2O)n[nH]c1=O. The number of aromatic nitrogens is 3. The second kappa shape index (κ2) is 7.12. The summed E-state index contributed by atoms with van der Waals surface area (Å²) in [6, 6.07) is 9.62. The predicted molar refractivity (Wildman–Crippen MR) is 96.0 cm³/mol. The van der Waals surface area contributed by atoms with Crippen LogP contribution >= 0.6 is 23.2 Å². The molecular formula is C17H12Cl2N4O3. The number of aromatic amines is 1. The number of nitrogens with one attached hydrogen (secondary N) is 1. The van der Waals surface area contributed by atoms with Crippen LogP contribution in [-0.2, 0) is 13.5 Å². The van der Waals surface area contributed by atoms with Gasteiger partial charge in [-0.2, -0.15) is 10.4 Å². The molecule has 2 aromatic carbocycles. The van der Waals surface area contributed by atoms with E-state index in [-0.39, 0.29) is 34.4 Å². The van der Waals surface area contributed by atoms with Gasteiger partial charge >= 0.3 is 5.69 Å². The van der Waals surface area contributed by atoms with E-state index in [4.69, 9.17) is 33.2 Å². The van der Waals surface area contributed by atoms with Gasteiger partial charge in [0.2, 0.25) is 0 Å². The van der Waals surface area contributed by atoms with Crippen LogP contribution in [-0.4, -0.2) is 19.9 Å². The van der Waals surface area contributed by atoms with Crippen LogP contribution < -0.4 is 10.4 Å². The zero-order chi connectivity index (χ0) is 18.8. The molecule has 0 spiro atoms. The van der Waals surface area contributed by atoms with Gasteiger partial charge in [-0.05, 0) is 24.3 Å². The van der Waals surface area contributed by atoms with Crippen LogP contribution in [0.25, 0.3) is 0 Å². The van der Waals surface area contributed by atoms with Crippen LogP contribution in [0.15, 0.2) is 35.1 Å². The number of benzene rings is 2. The summed E-state index contributed by atoms with van der Waals surface area (Å²) in [4.78, 5) is 11.5. The third-order valence-electron chi connectivity index (χ3n) is 3.71. The van der Waals surface area contributed by atoms with E-state index in [2.05, 4.69) is 10.2 Å². The summed E-state index contributed by atoms with van der Waals surface area (Å²) in [7, 11) is 1.57. The van der Waals surface area contributed by atoms with Crippen molar-refractivity contribution < 1.29 is 9.84 Å². The topological polar surface area (TPSA) is 104 Å². The molecule has 0 radical (unpaired) electrons. The molecule has 0 atom stereocenters. The molecule has 0 aliphatic rings. The molecule has 9 heteroatoms. The third-order valence-corrected chi connectivity index (χ3v) is 4.22. The molecule has 0 saturated carbocycles. The number of rotatable bonds is 4. The first-order valence-corrected chi connectivity index (χ1v) is 8.13. The molecule has 132 valence electrons. The Morgan fingerprint density at radius 1 is 1.35 bits per heavy atom. The first-order valence-electron chi connectivity index (χ1n) is 7.38. The molecular weight excluding hydrogens is 379 g/mol. The lowest BCUT2D eigenvalue weighted by Gasteiger charge is -2.13. The summed E-state index contributed by atoms with van der Waals surface area (Å²) < 4.78 is 7.00. The van der Waals surface area contributed by atoms with Crippen molar-refractivity contribution in [2.45, 2.75) is 6.42 Å². The standard InChI is InChI=1S/C17H12Cl2N4O3/c1-23-14(21-22-17(23)25)6-10-2-3-13(19)16(15(10)24)26-12-5-9(8-20)4-11(18)7-12/h2-5,7,24H,6H2,1H3,(H,22,25). The maximum atomic E-state index is 11.5. The van der Waals surface area contributed by atoms with Crippen LogP contribution in [0.1, 0.15) is 17.0 Å². The third kappa shape index (κ3) is 3.52. The zero-order valence-corrected chi connectivity index (χ0v) is 15.0. The van der Waals surface area contributed by atoms with E-state index in [1.807, 2.05) is 6.07 Å². The van der Waals surface area contributed by atoms with E-state index in [1.54, 1.807) is 19.2 Å². The molecule has 0 saturated heterocycles. The Labute approximate surface area is 158 Å². The number of nitriles is 1. The van der Waals surface area contributed by atoms with Crippen LogP contribution in [0.3, 0.4) is 0 Å². The van der Waals surface area contributed by atoms with Crippen molar-refractivity contribution in [3.63, 3.8) is 0 Å². The van der Waals surface area contributed by atoms with E-state index in [0.29, 0.717) is 22.0 Å². The Hall–Kier alpha value is -2.95. The Kier molecular flexibility index (Phi) is 4.89. The second-order valence-electron chi connectivity index (χ2n) is 5.45. The zero-order valence-electron chi connectivity index (χ0n) is 13.5. The van der Waals surface area contributed by atoms with E-state index in [9.17, 15) is 9.90 Å². The summed E-state index contributed by atoms with van der Waals surface area (Å²) in [6.07, 6.45) is 0.188. The predicted octanol–water partition coefficient (Wildman–Crippen LogP) is 3.38. The largest absolute Gasteiger partial charge is 0.504 e. The van der Waals surface area contributed by atoms with Gasteiger partial charge in [0, 0.05) is 24.1 Å². The van der Waals surface area contributed by atoms with Gasteiger partial charge in [0.1, 0.15) is 11.6 Å². The summed E-state index contributed by atoms with van der Waals surface area (Å²) in [6.45, 7) is 0. The highest BCUT2D eigenvalue weighted by molar-refractivity contribution is 6.32. The molecule has 0 unspecified atom stereocenters. The molecule has 0 amide bonds. The van der Waals surface area contributed by atoms with Crippen LogP contribution in [0.2, 0.25) is 10.0 Å². The minimum absolute atomic E-state index is 0.0239. The summed E-state index contributed by atoms with van der Waals surface area (Å²) >= 11 is 12.1. The van der Waals surface area contributed by atoms with Crippen molar-refractivity contribution in [1.82, 2.24) is 14.8 Å². The molecule has 1 heterocycles. The smallest absolute Gasteiger partial charge is 0.343 e. The number of hydrogen-bond donors (Lipinski definition) is 2. The summed E-state index contributed by atoms with van der Waals surface area (Å²) in [5.74, 6) is 0.533. The highest BCUT2D eigenvalue weighted by Crippen LogP contribution is 2.41. The quantitative estimate of drug-likeness (QED) is 0.710. The van der Waals surface area contributed by atoms with Crippen molar-refractivity contribution >= 4 is 23.2 Å². The van der Waals surface area contributed by atoms with Crippen LogP contribution in [0.5, 0.6) is 17.2 Å². The fraction of sp³-hybridized carbons (Fsp3) is 0.118. The van der Waals surface area contributed by atoms with Gasteiger partial charge in [0.15, 0.2) is 11.5 Å². The molecule has 0 aliphatic carbocycles. The molecule has 1 aromatic heterocycles. The van der Waals surface area contributed by atoms with Gasteiger partial charge in [-0.25, -0.2) is 9.89 Å². The Balaban J connectivity index is 1.98. The monoisotopic (exact) mass is 390 g/mol. The van der Waals surface area contributed by atoms with Gasteiger partial charge in [-0.1, -0.05) is 29.3 Å². The lowest BCUT2D eigenvalue weighted by molar-refractivity contribution is 0.407. The average molecular weight is 391 g/mol. The molecule has 0 bridgehead atoms. The van der Waals surface area contributed by atoms with Gasteiger partial charge in [0.05, 0.1) is 16.7 Å². The molecule has 0 fully saturated rings. The van der Waals surface area contributed by atoms with Crippen molar-refractivity contribution in [2.75, 3.05) is 0 Å². The molecule has 3 rings (SSSR count). The minimum atomic E-state index is -0.354. The number of phenolic OH excluding ortho intramolecular Hbond substituents is 1. The number of hydrogen-bond acceptors (Lipinski definition) is 5. The molecule has 3 aromatic rings. The van der Waals surface area contributed by atoms with Crippen molar-refractivity contribution in [1.29, 1.82) is 5.26 Å². The number of phenols is 1. The first kappa shape index (κ1) is 17.9. The number of ether oxygens (including phenoxy) is 1. The lowest BCUT2D eigenvalue weighted by atomic mass is 10.1. The van der Waals surface area contributed by atoms with Crippen molar-refractivity contribution in [3.05, 3.63) is 67.8 Å². The van der Waals surface area contributed by atoms with Gasteiger partial charge in [-0.3, -0.25) is 4.57 Å². The fourth-order valence-electron chi connectivity index (χ4n) is 2.34. The van der Waals surface area contributed by atoms with Gasteiger partial charge in [0.25, 0.3) is 0 Å². The lowest BCUT2D eigenvalue weighted by Crippen LogP contribution is -2.14. The Bertz CT molecular complexity index is 1080. The first-order chi connectivity index (χ1) is 12.4. The minimum Gasteiger partial charge on any atom is -0.504 e. The van der Waals surface area contributed by atoms with Crippen molar-refractivity contribution in [3.8, 4) is 23.3 Å². The van der Waals surface area contributed by atoms with Crippen LogP contribution in [0, 0.1) is 11.3 Å².